The molecule has 0 unspecified atom stereocenters. The van der Waals surface area contributed by atoms with Crippen molar-refractivity contribution in [3.63, 3.8) is 0 Å². The Morgan fingerprint density at radius 3 is 2.40 bits per heavy atom. The fraction of sp³-hybridized carbons (Fsp3) is 0.188. The number of anilines is 1. The Morgan fingerprint density at radius 2 is 1.80 bits per heavy atom. The molecule has 1 fully saturated rings. The van der Waals surface area contributed by atoms with Crippen LogP contribution < -0.4 is 11.1 Å². The average molecular weight is 268 g/mol. The summed E-state index contributed by atoms with van der Waals surface area (Å²) in [6.45, 7) is 0. The number of carboxylic acid groups (broad SMARTS) is 1. The summed E-state index contributed by atoms with van der Waals surface area (Å²) in [5.74, 6) is 0.170. The Morgan fingerprint density at radius 1 is 1.15 bits per heavy atom. The monoisotopic (exact) mass is 268 g/mol. The van der Waals surface area contributed by atoms with Gasteiger partial charge >= 0.3 is 6.09 Å². The maximum atomic E-state index is 11.1. The Bertz CT molecular complexity index is 625. The van der Waals surface area contributed by atoms with Crippen LogP contribution in [0.2, 0.25) is 0 Å². The van der Waals surface area contributed by atoms with E-state index in [0.29, 0.717) is 5.69 Å². The maximum absolute atomic E-state index is 11.1. The molecule has 0 heterocycles. The fourth-order valence-electron chi connectivity index (χ4n) is 2.85. The molecule has 2 atom stereocenters. The zero-order chi connectivity index (χ0) is 14.2. The van der Waals surface area contributed by atoms with Crippen molar-refractivity contribution >= 4 is 11.8 Å². The van der Waals surface area contributed by atoms with E-state index >= 15 is 0 Å². The molecule has 4 N–H and O–H groups in total. The van der Waals surface area contributed by atoms with Crippen molar-refractivity contribution in [2.45, 2.75) is 17.9 Å². The van der Waals surface area contributed by atoms with Gasteiger partial charge in [0.25, 0.3) is 0 Å². The Kier molecular flexibility index (Phi) is 2.86. The lowest BCUT2D eigenvalue weighted by molar-refractivity contribution is 0.188. The number of carbonyl (C=O) groups is 1. The molecule has 102 valence electrons. The van der Waals surface area contributed by atoms with Crippen LogP contribution in [-0.2, 0) is 5.54 Å². The third kappa shape index (κ3) is 2.09. The summed E-state index contributed by atoms with van der Waals surface area (Å²) in [6, 6.07) is 17.4. The molecule has 0 bridgehead atoms. The third-order valence-corrected chi connectivity index (χ3v) is 3.92. The molecule has 4 heteroatoms. The summed E-state index contributed by atoms with van der Waals surface area (Å²) >= 11 is 0. The van der Waals surface area contributed by atoms with Gasteiger partial charge in [0.15, 0.2) is 0 Å². The largest absolute Gasteiger partial charge is 0.465 e. The van der Waals surface area contributed by atoms with E-state index in [1.807, 2.05) is 42.5 Å². The van der Waals surface area contributed by atoms with Crippen LogP contribution in [0.3, 0.4) is 0 Å². The van der Waals surface area contributed by atoms with E-state index < -0.39 is 11.6 Å². The number of hydrogen-bond donors (Lipinski definition) is 3. The van der Waals surface area contributed by atoms with Gasteiger partial charge in [0.05, 0.1) is 5.54 Å². The first-order chi connectivity index (χ1) is 9.62. The summed E-state index contributed by atoms with van der Waals surface area (Å²) in [4.78, 5) is 11.1. The van der Waals surface area contributed by atoms with Crippen LogP contribution in [0.15, 0.2) is 54.6 Å². The van der Waals surface area contributed by atoms with Crippen LogP contribution in [0, 0.1) is 0 Å². The molecule has 1 aliphatic rings. The number of hydrogen-bond acceptors (Lipinski definition) is 2. The van der Waals surface area contributed by atoms with Crippen LogP contribution in [0.4, 0.5) is 10.5 Å². The predicted octanol–water partition coefficient (Wildman–Crippen LogP) is 2.92. The smallest absolute Gasteiger partial charge is 0.405 e. The molecular weight excluding hydrogens is 252 g/mol. The summed E-state index contributed by atoms with van der Waals surface area (Å²) in [5, 5.41) is 11.8. The number of nitrogens with two attached hydrogens (primary N) is 1. The van der Waals surface area contributed by atoms with Gasteiger partial charge in [-0.05, 0) is 29.7 Å². The van der Waals surface area contributed by atoms with Gasteiger partial charge < -0.3 is 16.2 Å². The van der Waals surface area contributed by atoms with Crippen molar-refractivity contribution in [3.8, 4) is 0 Å². The second-order valence-electron chi connectivity index (χ2n) is 5.19. The van der Waals surface area contributed by atoms with Crippen LogP contribution >= 0.6 is 0 Å². The summed E-state index contributed by atoms with van der Waals surface area (Å²) in [6.07, 6.45) is -0.229. The van der Waals surface area contributed by atoms with Crippen molar-refractivity contribution in [1.82, 2.24) is 5.32 Å². The highest BCUT2D eigenvalue weighted by Gasteiger charge is 2.57. The minimum atomic E-state index is -1.000. The molecule has 0 aliphatic heterocycles. The molecule has 1 amide bonds. The molecule has 0 spiro atoms. The average Bonchev–Trinajstić information content (AvgIpc) is 3.15. The standard InChI is InChI=1S/C16H16N2O2/c17-13-8-6-12(7-9-13)16(18-15(19)20)10-14(16)11-4-2-1-3-5-11/h1-9,14,18H,10,17H2,(H,19,20)/t14-,16-/m0/s1. The second-order valence-corrected chi connectivity index (χ2v) is 5.19. The number of benzene rings is 2. The molecule has 2 aromatic rings. The van der Waals surface area contributed by atoms with Crippen LogP contribution in [0.25, 0.3) is 0 Å². The van der Waals surface area contributed by atoms with E-state index in [1.165, 1.54) is 0 Å². The first kappa shape index (κ1) is 12.5. The van der Waals surface area contributed by atoms with Gasteiger partial charge in [-0.25, -0.2) is 4.79 Å². The fourth-order valence-corrected chi connectivity index (χ4v) is 2.85. The van der Waals surface area contributed by atoms with E-state index in [2.05, 4.69) is 5.32 Å². The van der Waals surface area contributed by atoms with Crippen molar-refractivity contribution in [1.29, 1.82) is 0 Å². The van der Waals surface area contributed by atoms with Gasteiger partial charge in [-0.1, -0.05) is 42.5 Å². The number of rotatable bonds is 3. The minimum Gasteiger partial charge on any atom is -0.465 e. The van der Waals surface area contributed by atoms with Gasteiger partial charge in [-0.3, -0.25) is 0 Å². The molecule has 4 nitrogen and oxygen atoms in total. The molecule has 20 heavy (non-hydrogen) atoms. The maximum Gasteiger partial charge on any atom is 0.405 e. The highest BCUT2D eigenvalue weighted by molar-refractivity contribution is 5.68. The van der Waals surface area contributed by atoms with Gasteiger partial charge in [-0.2, -0.15) is 0 Å². The molecular formula is C16H16N2O2. The molecule has 1 saturated carbocycles. The second kappa shape index (κ2) is 4.56. The predicted molar refractivity (Wildman–Crippen MR) is 77.5 cm³/mol. The highest BCUT2D eigenvalue weighted by atomic mass is 16.4. The number of amides is 1. The summed E-state index contributed by atoms with van der Waals surface area (Å²) in [7, 11) is 0. The molecule has 0 aromatic heterocycles. The molecule has 3 rings (SSSR count). The number of nitrogen functional groups attached to an aromatic ring is 1. The lowest BCUT2D eigenvalue weighted by Gasteiger charge is -2.18. The highest BCUT2D eigenvalue weighted by Crippen LogP contribution is 2.58. The molecule has 0 saturated heterocycles. The normalized spacial score (nSPS) is 24.1. The SMILES string of the molecule is Nc1ccc([C@@]2(NC(=O)O)C[C@H]2c2ccccc2)cc1. The lowest BCUT2D eigenvalue weighted by Crippen LogP contribution is -2.35. The molecule has 1 aliphatic carbocycles. The lowest BCUT2D eigenvalue weighted by atomic mass is 9.98. The van der Waals surface area contributed by atoms with Crippen LogP contribution in [-0.4, -0.2) is 11.2 Å². The van der Waals surface area contributed by atoms with E-state index in [9.17, 15) is 4.79 Å². The minimum absolute atomic E-state index is 0.170. The summed E-state index contributed by atoms with van der Waals surface area (Å²) < 4.78 is 0. The van der Waals surface area contributed by atoms with Crippen LogP contribution in [0.5, 0.6) is 0 Å². The van der Waals surface area contributed by atoms with Gasteiger partial charge in [0, 0.05) is 11.6 Å². The van der Waals surface area contributed by atoms with E-state index in [0.717, 1.165) is 17.5 Å². The van der Waals surface area contributed by atoms with Crippen molar-refractivity contribution in [3.05, 3.63) is 65.7 Å². The Balaban J connectivity index is 1.96. The van der Waals surface area contributed by atoms with Gasteiger partial charge in [0.1, 0.15) is 0 Å². The van der Waals surface area contributed by atoms with Crippen LogP contribution in [0.1, 0.15) is 23.5 Å². The van der Waals surface area contributed by atoms with E-state index in [4.69, 9.17) is 10.8 Å². The third-order valence-electron chi connectivity index (χ3n) is 3.92. The van der Waals surface area contributed by atoms with E-state index in [-0.39, 0.29) is 5.92 Å². The first-order valence-electron chi connectivity index (χ1n) is 6.54. The molecule has 2 aromatic carbocycles. The Hall–Kier alpha value is -2.49. The zero-order valence-electron chi connectivity index (χ0n) is 10.9. The number of nitrogens with one attached hydrogen (secondary N) is 1. The van der Waals surface area contributed by atoms with Gasteiger partial charge in [0.2, 0.25) is 0 Å². The first-order valence-corrected chi connectivity index (χ1v) is 6.54. The van der Waals surface area contributed by atoms with Crippen molar-refractivity contribution in [2.24, 2.45) is 0 Å². The Labute approximate surface area is 117 Å². The van der Waals surface area contributed by atoms with Crippen molar-refractivity contribution < 1.29 is 9.90 Å². The molecule has 0 radical (unpaired) electrons. The van der Waals surface area contributed by atoms with Crippen molar-refractivity contribution in [2.75, 3.05) is 5.73 Å². The summed E-state index contributed by atoms with van der Waals surface area (Å²) in [5.41, 5.74) is 7.96. The zero-order valence-corrected chi connectivity index (χ0v) is 10.9. The quantitative estimate of drug-likeness (QED) is 0.749. The van der Waals surface area contributed by atoms with E-state index in [1.54, 1.807) is 12.1 Å². The topological polar surface area (TPSA) is 75.3 Å². The van der Waals surface area contributed by atoms with Gasteiger partial charge in [-0.15, -0.1) is 0 Å².